The molecule has 0 bridgehead atoms. The summed E-state index contributed by atoms with van der Waals surface area (Å²) in [5, 5.41) is 14.9. The number of nitrogens with zero attached hydrogens (tertiary/aromatic N) is 2. The molecule has 0 aromatic heterocycles. The molecule has 3 rings (SSSR count). The molecule has 0 amide bonds. The molecule has 0 saturated carbocycles. The Morgan fingerprint density at radius 2 is 1.84 bits per heavy atom. The summed E-state index contributed by atoms with van der Waals surface area (Å²) in [7, 11) is 0. The fourth-order valence-corrected chi connectivity index (χ4v) is 3.39. The summed E-state index contributed by atoms with van der Waals surface area (Å²) < 4.78 is 10.8. The first-order valence-corrected chi connectivity index (χ1v) is 8.14. The highest BCUT2D eigenvalue weighted by molar-refractivity contribution is 5.85. The smallest absolute Gasteiger partial charge is 0.278 e. The quantitative estimate of drug-likeness (QED) is 0.611. The summed E-state index contributed by atoms with van der Waals surface area (Å²) in [4.78, 5) is 13.6. The summed E-state index contributed by atoms with van der Waals surface area (Å²) in [6.45, 7) is 8.00. The molecule has 25 heavy (non-hydrogen) atoms. The van der Waals surface area contributed by atoms with Crippen molar-refractivity contribution in [1.82, 2.24) is 10.2 Å². The summed E-state index contributed by atoms with van der Waals surface area (Å²) in [6, 6.07) is 3.33. The summed E-state index contributed by atoms with van der Waals surface area (Å²) >= 11 is 0. The fraction of sp³-hybridized carbons (Fsp3) is 0.625. The Bertz CT molecular complexity index is 597. The van der Waals surface area contributed by atoms with Crippen LogP contribution in [0.2, 0.25) is 0 Å². The molecule has 2 atom stereocenters. The number of fused-ring (bicyclic) bond motifs is 1. The van der Waals surface area contributed by atoms with Crippen LogP contribution >= 0.6 is 24.8 Å². The average Bonchev–Trinajstić information content (AvgIpc) is 3.02. The lowest BCUT2D eigenvalue weighted by Gasteiger charge is -2.38. The molecule has 2 aliphatic heterocycles. The minimum Gasteiger partial charge on any atom is -0.454 e. The molecule has 1 fully saturated rings. The average molecular weight is 394 g/mol. The van der Waals surface area contributed by atoms with Crippen molar-refractivity contribution in [1.29, 1.82) is 0 Å². The summed E-state index contributed by atoms with van der Waals surface area (Å²) in [5.41, 5.74) is 0.855. The van der Waals surface area contributed by atoms with Gasteiger partial charge in [-0.05, 0) is 12.0 Å². The maximum Gasteiger partial charge on any atom is 0.278 e. The Kier molecular flexibility index (Phi) is 8.21. The van der Waals surface area contributed by atoms with Crippen molar-refractivity contribution >= 4 is 30.5 Å². The number of rotatable bonds is 5. The number of hydrogen-bond donors (Lipinski definition) is 1. The zero-order valence-electron chi connectivity index (χ0n) is 14.4. The van der Waals surface area contributed by atoms with E-state index in [-0.39, 0.29) is 48.3 Å². The van der Waals surface area contributed by atoms with Crippen molar-refractivity contribution in [2.24, 2.45) is 5.92 Å². The molecule has 1 saturated heterocycles. The number of hydrogen-bond acceptors (Lipinski definition) is 6. The van der Waals surface area contributed by atoms with Crippen LogP contribution in [0.15, 0.2) is 12.1 Å². The van der Waals surface area contributed by atoms with E-state index >= 15 is 0 Å². The monoisotopic (exact) mass is 393 g/mol. The van der Waals surface area contributed by atoms with Gasteiger partial charge in [-0.15, -0.1) is 24.8 Å². The van der Waals surface area contributed by atoms with Gasteiger partial charge in [-0.3, -0.25) is 15.0 Å². The molecule has 1 N–H and O–H groups in total. The van der Waals surface area contributed by atoms with Crippen LogP contribution in [0, 0.1) is 16.0 Å². The lowest BCUT2D eigenvalue weighted by molar-refractivity contribution is -0.386. The zero-order chi connectivity index (χ0) is 16.4. The zero-order valence-corrected chi connectivity index (χ0v) is 16.0. The van der Waals surface area contributed by atoms with Crippen molar-refractivity contribution in [3.8, 4) is 11.5 Å². The van der Waals surface area contributed by atoms with Crippen molar-refractivity contribution in [2.45, 2.75) is 26.3 Å². The second-order valence-corrected chi connectivity index (χ2v) is 6.14. The van der Waals surface area contributed by atoms with Crippen LogP contribution in [0.25, 0.3) is 0 Å². The highest BCUT2D eigenvalue weighted by Gasteiger charge is 2.34. The highest BCUT2D eigenvalue weighted by Crippen LogP contribution is 2.44. The van der Waals surface area contributed by atoms with E-state index in [4.69, 9.17) is 9.47 Å². The fourth-order valence-electron chi connectivity index (χ4n) is 3.39. The summed E-state index contributed by atoms with van der Waals surface area (Å²) in [5.74, 6) is 1.38. The minimum atomic E-state index is -0.311. The molecule has 2 heterocycles. The first-order valence-electron chi connectivity index (χ1n) is 8.14. The van der Waals surface area contributed by atoms with Crippen LogP contribution in [-0.2, 0) is 0 Å². The molecule has 2 aliphatic rings. The summed E-state index contributed by atoms with van der Waals surface area (Å²) in [6.07, 6.45) is 0.959. The van der Waals surface area contributed by atoms with Gasteiger partial charge in [0, 0.05) is 32.2 Å². The molecule has 7 nitrogen and oxygen atoms in total. The van der Waals surface area contributed by atoms with Crippen LogP contribution in [0.3, 0.4) is 0 Å². The van der Waals surface area contributed by atoms with Gasteiger partial charge < -0.3 is 14.8 Å². The predicted molar refractivity (Wildman–Crippen MR) is 100 cm³/mol. The van der Waals surface area contributed by atoms with Crippen LogP contribution in [0.4, 0.5) is 5.69 Å². The van der Waals surface area contributed by atoms with Crippen LogP contribution in [-0.4, -0.2) is 42.8 Å². The number of piperazine rings is 1. The second-order valence-electron chi connectivity index (χ2n) is 6.14. The molecule has 1 aromatic rings. The molecule has 0 aliphatic carbocycles. The Morgan fingerprint density at radius 1 is 1.24 bits per heavy atom. The minimum absolute atomic E-state index is 0. The maximum atomic E-state index is 11.6. The Labute approximate surface area is 160 Å². The van der Waals surface area contributed by atoms with E-state index in [0.29, 0.717) is 17.4 Å². The molecule has 0 spiro atoms. The number of halogens is 2. The third kappa shape index (κ3) is 4.47. The maximum absolute atomic E-state index is 11.6. The van der Waals surface area contributed by atoms with Crippen molar-refractivity contribution < 1.29 is 14.4 Å². The van der Waals surface area contributed by atoms with Gasteiger partial charge in [0.1, 0.15) is 0 Å². The van der Waals surface area contributed by atoms with Gasteiger partial charge >= 0.3 is 0 Å². The van der Waals surface area contributed by atoms with Gasteiger partial charge in [0.2, 0.25) is 6.79 Å². The van der Waals surface area contributed by atoms with E-state index in [9.17, 15) is 10.1 Å². The molecular formula is C16H25Cl2N3O4. The molecule has 0 radical (unpaired) electrons. The van der Waals surface area contributed by atoms with Gasteiger partial charge in [0.05, 0.1) is 16.6 Å². The standard InChI is InChI=1S/C16H23N3O4.2ClH/c1-3-11(2)16(18-6-4-17-5-7-18)12-8-14-15(23-10-22-14)9-13(12)19(20)21;;/h8-9,11,16-17H,3-7,10H2,1-2H3;2*1H/t11?,16-;;/m0../s1. The molecule has 1 unspecified atom stereocenters. The number of ether oxygens (including phenoxy) is 2. The van der Waals surface area contributed by atoms with Crippen LogP contribution < -0.4 is 14.8 Å². The number of benzene rings is 1. The SMILES string of the molecule is CCC(C)[C@@H](c1cc2c(cc1[N+](=O)[O-])OCO2)N1CCNCC1.Cl.Cl. The third-order valence-electron chi connectivity index (χ3n) is 4.77. The van der Waals surface area contributed by atoms with E-state index in [1.807, 2.05) is 0 Å². The molecule has 1 aromatic carbocycles. The first kappa shape index (κ1) is 21.8. The van der Waals surface area contributed by atoms with Crippen molar-refractivity contribution in [3.05, 3.63) is 27.8 Å². The number of nitrogens with one attached hydrogen (secondary N) is 1. The largest absolute Gasteiger partial charge is 0.454 e. The van der Waals surface area contributed by atoms with E-state index in [2.05, 4.69) is 24.1 Å². The second kappa shape index (κ2) is 9.43. The lowest BCUT2D eigenvalue weighted by Crippen LogP contribution is -2.46. The first-order chi connectivity index (χ1) is 11.1. The highest BCUT2D eigenvalue weighted by atomic mass is 35.5. The van der Waals surface area contributed by atoms with Crippen LogP contribution in [0.5, 0.6) is 11.5 Å². The van der Waals surface area contributed by atoms with Crippen molar-refractivity contribution in [2.75, 3.05) is 33.0 Å². The predicted octanol–water partition coefficient (Wildman–Crippen LogP) is 3.16. The van der Waals surface area contributed by atoms with E-state index in [1.165, 1.54) is 6.07 Å². The van der Waals surface area contributed by atoms with E-state index < -0.39 is 0 Å². The van der Waals surface area contributed by atoms with E-state index in [1.54, 1.807) is 6.07 Å². The topological polar surface area (TPSA) is 76.9 Å². The molecule has 142 valence electrons. The van der Waals surface area contributed by atoms with Crippen LogP contribution in [0.1, 0.15) is 31.9 Å². The lowest BCUT2D eigenvalue weighted by atomic mass is 9.89. The van der Waals surface area contributed by atoms with Gasteiger partial charge in [-0.2, -0.15) is 0 Å². The molecular weight excluding hydrogens is 369 g/mol. The normalized spacial score (nSPS) is 18.6. The number of nitro groups is 1. The molecule has 9 heteroatoms. The Balaban J connectivity index is 0.00000156. The van der Waals surface area contributed by atoms with Gasteiger partial charge in [0.25, 0.3) is 5.69 Å². The van der Waals surface area contributed by atoms with E-state index in [0.717, 1.165) is 38.2 Å². The van der Waals surface area contributed by atoms with Gasteiger partial charge in [0.15, 0.2) is 11.5 Å². The Hall–Kier alpha value is -1.28. The van der Waals surface area contributed by atoms with Gasteiger partial charge in [-0.1, -0.05) is 20.3 Å². The number of nitro benzene ring substituents is 1. The van der Waals surface area contributed by atoms with Gasteiger partial charge in [-0.25, -0.2) is 0 Å². The third-order valence-corrected chi connectivity index (χ3v) is 4.77. The van der Waals surface area contributed by atoms with Crippen molar-refractivity contribution in [3.63, 3.8) is 0 Å². The Morgan fingerprint density at radius 3 is 2.40 bits per heavy atom.